The quantitative estimate of drug-likeness (QED) is 0.578. The number of benzene rings is 2. The number of pyridine rings is 1. The van der Waals surface area contributed by atoms with Gasteiger partial charge in [0, 0.05) is 42.3 Å². The van der Waals surface area contributed by atoms with Crippen molar-refractivity contribution in [3.05, 3.63) is 88.0 Å². The van der Waals surface area contributed by atoms with Gasteiger partial charge in [0.05, 0.1) is 17.4 Å². The van der Waals surface area contributed by atoms with E-state index in [1.807, 2.05) is 17.0 Å². The second kappa shape index (κ2) is 9.44. The van der Waals surface area contributed by atoms with Crippen molar-refractivity contribution in [3.63, 3.8) is 0 Å². The molecule has 0 atom stereocenters. The van der Waals surface area contributed by atoms with E-state index in [0.29, 0.717) is 49.3 Å². The third-order valence-electron chi connectivity index (χ3n) is 5.16. The Morgan fingerprint density at radius 1 is 0.938 bits per heavy atom. The van der Waals surface area contributed by atoms with Crippen molar-refractivity contribution < 1.29 is 18.4 Å². The third kappa shape index (κ3) is 4.94. The molecule has 0 radical (unpaired) electrons. The fourth-order valence-corrected chi connectivity index (χ4v) is 3.70. The molecule has 1 fully saturated rings. The van der Waals surface area contributed by atoms with Gasteiger partial charge >= 0.3 is 0 Å². The average Bonchev–Trinajstić information content (AvgIpc) is 2.80. The molecule has 3 aromatic rings. The summed E-state index contributed by atoms with van der Waals surface area (Å²) in [5.41, 5.74) is 0.797. The van der Waals surface area contributed by atoms with E-state index in [9.17, 15) is 18.4 Å². The maximum absolute atomic E-state index is 13.8. The molecule has 0 unspecified atom stereocenters. The lowest BCUT2D eigenvalue weighted by Gasteiger charge is -2.35. The lowest BCUT2D eigenvalue weighted by molar-refractivity contribution is 0.0746. The molecule has 0 aliphatic carbocycles. The van der Waals surface area contributed by atoms with Crippen molar-refractivity contribution in [1.29, 1.82) is 0 Å². The number of nitrogens with zero attached hydrogens (tertiary/aromatic N) is 3. The average molecular weight is 501 g/mol. The number of carbonyl (C=O) groups is 2. The number of anilines is 2. The van der Waals surface area contributed by atoms with Crippen molar-refractivity contribution in [2.24, 2.45) is 0 Å². The number of piperazine rings is 1. The minimum absolute atomic E-state index is 0.00352. The van der Waals surface area contributed by atoms with Crippen LogP contribution >= 0.6 is 15.9 Å². The summed E-state index contributed by atoms with van der Waals surface area (Å²) >= 11 is 3.37. The number of halogens is 3. The highest BCUT2D eigenvalue weighted by molar-refractivity contribution is 9.10. The van der Waals surface area contributed by atoms with Crippen molar-refractivity contribution in [1.82, 2.24) is 9.88 Å². The summed E-state index contributed by atoms with van der Waals surface area (Å²) < 4.78 is 27.7. The van der Waals surface area contributed by atoms with Gasteiger partial charge in [-0.3, -0.25) is 9.59 Å². The summed E-state index contributed by atoms with van der Waals surface area (Å²) in [6.07, 6.45) is 1.48. The lowest BCUT2D eigenvalue weighted by atomic mass is 10.2. The van der Waals surface area contributed by atoms with Crippen LogP contribution in [-0.4, -0.2) is 47.9 Å². The number of amides is 2. The Balaban J connectivity index is 1.34. The zero-order chi connectivity index (χ0) is 22.7. The zero-order valence-electron chi connectivity index (χ0n) is 16.9. The summed E-state index contributed by atoms with van der Waals surface area (Å²) in [6.45, 7) is 2.39. The Bertz CT molecular complexity index is 1130. The van der Waals surface area contributed by atoms with Gasteiger partial charge in [0.15, 0.2) is 0 Å². The summed E-state index contributed by atoms with van der Waals surface area (Å²) in [7, 11) is 0. The van der Waals surface area contributed by atoms with E-state index in [-0.39, 0.29) is 11.5 Å². The molecule has 1 saturated heterocycles. The second-order valence-corrected chi connectivity index (χ2v) is 8.19. The summed E-state index contributed by atoms with van der Waals surface area (Å²) in [4.78, 5) is 33.1. The van der Waals surface area contributed by atoms with Gasteiger partial charge in [0.25, 0.3) is 11.8 Å². The molecular formula is C23H19BrF2N4O2. The van der Waals surface area contributed by atoms with Gasteiger partial charge in [-0.25, -0.2) is 13.8 Å². The monoisotopic (exact) mass is 500 g/mol. The molecule has 6 nitrogen and oxygen atoms in total. The first-order chi connectivity index (χ1) is 15.4. The Morgan fingerprint density at radius 2 is 1.66 bits per heavy atom. The molecule has 32 heavy (non-hydrogen) atoms. The maximum atomic E-state index is 13.8. The molecule has 1 aliphatic heterocycles. The first-order valence-corrected chi connectivity index (χ1v) is 10.7. The van der Waals surface area contributed by atoms with Crippen LogP contribution < -0.4 is 10.2 Å². The van der Waals surface area contributed by atoms with Crippen LogP contribution in [0.4, 0.5) is 20.3 Å². The van der Waals surface area contributed by atoms with E-state index < -0.39 is 17.5 Å². The highest BCUT2D eigenvalue weighted by Crippen LogP contribution is 2.19. The first kappa shape index (κ1) is 21.9. The smallest absolute Gasteiger partial charge is 0.258 e. The number of aromatic nitrogens is 1. The summed E-state index contributed by atoms with van der Waals surface area (Å²) in [5, 5.41) is 2.55. The minimum atomic E-state index is -0.928. The number of hydrogen-bond donors (Lipinski definition) is 1. The standard InChI is InChI=1S/C23H19BrF2N4O2/c24-16-3-1-15(2-4-16)23(32)30-11-9-29(10-12-30)21-8-6-18(14-27-21)28-22(31)19-7-5-17(25)13-20(19)26/h1-8,13-14H,9-12H2,(H,28,31). The van der Waals surface area contributed by atoms with Crippen LogP contribution in [0.1, 0.15) is 20.7 Å². The van der Waals surface area contributed by atoms with Crippen LogP contribution in [0.2, 0.25) is 0 Å². The number of nitrogens with one attached hydrogen (secondary N) is 1. The maximum Gasteiger partial charge on any atom is 0.258 e. The summed E-state index contributed by atoms with van der Waals surface area (Å²) in [6, 6.07) is 13.5. The third-order valence-corrected chi connectivity index (χ3v) is 5.69. The fraction of sp³-hybridized carbons (Fsp3) is 0.174. The molecule has 1 aromatic heterocycles. The first-order valence-electron chi connectivity index (χ1n) is 9.93. The Kier molecular flexibility index (Phi) is 6.45. The fourth-order valence-electron chi connectivity index (χ4n) is 3.43. The van der Waals surface area contributed by atoms with E-state index in [2.05, 4.69) is 31.1 Å². The molecular weight excluding hydrogens is 482 g/mol. The largest absolute Gasteiger partial charge is 0.353 e. The predicted octanol–water partition coefficient (Wildman–Crippen LogP) is 4.34. The molecule has 2 heterocycles. The number of carbonyl (C=O) groups excluding carboxylic acids is 2. The van der Waals surface area contributed by atoms with Gasteiger partial charge in [0.2, 0.25) is 0 Å². The van der Waals surface area contributed by atoms with Gasteiger partial charge in [-0.05, 0) is 48.5 Å². The summed E-state index contributed by atoms with van der Waals surface area (Å²) in [5.74, 6) is -1.65. The molecule has 1 N–H and O–H groups in total. The zero-order valence-corrected chi connectivity index (χ0v) is 18.5. The van der Waals surface area contributed by atoms with Gasteiger partial charge in [-0.1, -0.05) is 15.9 Å². The van der Waals surface area contributed by atoms with Crippen LogP contribution in [-0.2, 0) is 0 Å². The van der Waals surface area contributed by atoms with Crippen molar-refractivity contribution in [2.45, 2.75) is 0 Å². The van der Waals surface area contributed by atoms with Crippen LogP contribution in [0, 0.1) is 11.6 Å². The molecule has 0 spiro atoms. The number of rotatable bonds is 4. The van der Waals surface area contributed by atoms with Crippen molar-refractivity contribution in [3.8, 4) is 0 Å². The minimum Gasteiger partial charge on any atom is -0.353 e. The van der Waals surface area contributed by atoms with E-state index in [1.54, 1.807) is 24.3 Å². The molecule has 1 aliphatic rings. The van der Waals surface area contributed by atoms with Crippen LogP contribution in [0.25, 0.3) is 0 Å². The Hall–Kier alpha value is -3.33. The van der Waals surface area contributed by atoms with Crippen LogP contribution in [0.5, 0.6) is 0 Å². The molecule has 2 amide bonds. The van der Waals surface area contributed by atoms with Gasteiger partial charge in [0.1, 0.15) is 17.5 Å². The van der Waals surface area contributed by atoms with Crippen molar-refractivity contribution >= 4 is 39.2 Å². The highest BCUT2D eigenvalue weighted by atomic mass is 79.9. The van der Waals surface area contributed by atoms with E-state index in [4.69, 9.17) is 0 Å². The lowest BCUT2D eigenvalue weighted by Crippen LogP contribution is -2.49. The Morgan fingerprint density at radius 3 is 2.28 bits per heavy atom. The molecule has 4 rings (SSSR count). The normalized spacial score (nSPS) is 13.7. The van der Waals surface area contributed by atoms with Gasteiger partial charge in [-0.2, -0.15) is 0 Å². The van der Waals surface area contributed by atoms with Crippen molar-refractivity contribution in [2.75, 3.05) is 36.4 Å². The van der Waals surface area contributed by atoms with Crippen LogP contribution in [0.3, 0.4) is 0 Å². The predicted molar refractivity (Wildman–Crippen MR) is 121 cm³/mol. The van der Waals surface area contributed by atoms with Gasteiger partial charge < -0.3 is 15.1 Å². The molecule has 2 aromatic carbocycles. The highest BCUT2D eigenvalue weighted by Gasteiger charge is 2.23. The van der Waals surface area contributed by atoms with Crippen LogP contribution in [0.15, 0.2) is 65.3 Å². The van der Waals surface area contributed by atoms with E-state index in [0.717, 1.165) is 16.6 Å². The second-order valence-electron chi connectivity index (χ2n) is 7.27. The number of hydrogen-bond acceptors (Lipinski definition) is 4. The van der Waals surface area contributed by atoms with E-state index in [1.165, 1.54) is 6.20 Å². The molecule has 164 valence electrons. The Labute approximate surface area is 192 Å². The van der Waals surface area contributed by atoms with E-state index >= 15 is 0 Å². The topological polar surface area (TPSA) is 65.5 Å². The van der Waals surface area contributed by atoms with Gasteiger partial charge in [-0.15, -0.1) is 0 Å². The molecule has 0 bridgehead atoms. The molecule has 0 saturated carbocycles. The SMILES string of the molecule is O=C(Nc1ccc(N2CCN(C(=O)c3ccc(Br)cc3)CC2)nc1)c1ccc(F)cc1F. The molecule has 9 heteroatoms.